The molecule has 0 saturated heterocycles. The van der Waals surface area contributed by atoms with Crippen LogP contribution in [0.2, 0.25) is 0 Å². The van der Waals surface area contributed by atoms with E-state index in [1.165, 1.54) is 0 Å². The van der Waals surface area contributed by atoms with Crippen molar-refractivity contribution in [2.24, 2.45) is 0 Å². The highest BCUT2D eigenvalue weighted by Crippen LogP contribution is 2.35. The number of nitrogens with one attached hydrogen (secondary N) is 1. The fourth-order valence-electron chi connectivity index (χ4n) is 4.51. The highest BCUT2D eigenvalue weighted by Gasteiger charge is 2.49. The van der Waals surface area contributed by atoms with Crippen molar-refractivity contribution in [2.45, 2.75) is 39.4 Å². The Labute approximate surface area is 209 Å². The van der Waals surface area contributed by atoms with Gasteiger partial charge < -0.3 is 14.5 Å². The Kier molecular flexibility index (Phi) is 5.88. The summed E-state index contributed by atoms with van der Waals surface area (Å²) >= 11 is 0. The average Bonchev–Trinajstić information content (AvgIpc) is 3.55. The van der Waals surface area contributed by atoms with E-state index in [1.807, 2.05) is 56.3 Å². The van der Waals surface area contributed by atoms with Crippen LogP contribution in [0.25, 0.3) is 11.5 Å². The van der Waals surface area contributed by atoms with Gasteiger partial charge in [-0.1, -0.05) is 18.2 Å². The number of anilines is 1. The maximum absolute atomic E-state index is 13.9. The molecule has 0 radical (unpaired) electrons. The van der Waals surface area contributed by atoms with E-state index in [2.05, 4.69) is 10.4 Å². The molecular weight excluding hydrogens is 456 g/mol. The highest BCUT2D eigenvalue weighted by atomic mass is 16.5. The van der Waals surface area contributed by atoms with E-state index >= 15 is 0 Å². The van der Waals surface area contributed by atoms with E-state index < -0.39 is 5.54 Å². The molecule has 0 saturated carbocycles. The molecule has 8 heteroatoms. The normalized spacial score (nSPS) is 17.1. The number of fused-ring (bicyclic) bond motifs is 1. The summed E-state index contributed by atoms with van der Waals surface area (Å²) in [6.07, 6.45) is 1.56. The predicted molar refractivity (Wildman–Crippen MR) is 136 cm³/mol. The third-order valence-corrected chi connectivity index (χ3v) is 6.78. The molecule has 0 fully saturated rings. The van der Waals surface area contributed by atoms with Crippen LogP contribution in [0.5, 0.6) is 5.75 Å². The molecule has 1 unspecified atom stereocenters. The number of carbonyl (C=O) groups is 2. The molecule has 0 bridgehead atoms. The molecule has 4 aromatic rings. The monoisotopic (exact) mass is 484 g/mol. The molecule has 2 aromatic heterocycles. The maximum Gasteiger partial charge on any atom is 0.277 e. The summed E-state index contributed by atoms with van der Waals surface area (Å²) in [6.45, 7) is 6.30. The molecule has 1 aliphatic rings. The van der Waals surface area contributed by atoms with Gasteiger partial charge >= 0.3 is 0 Å². The topological polar surface area (TPSA) is 89.6 Å². The Morgan fingerprint density at radius 1 is 1.11 bits per heavy atom. The quantitative estimate of drug-likeness (QED) is 0.435. The minimum atomic E-state index is -1.22. The fraction of sp³-hybridized carbons (Fsp3) is 0.250. The van der Waals surface area contributed by atoms with Crippen molar-refractivity contribution in [1.82, 2.24) is 15.1 Å². The molecule has 2 aromatic carbocycles. The number of ether oxygens (including phenoxy) is 1. The van der Waals surface area contributed by atoms with Crippen LogP contribution >= 0.6 is 0 Å². The number of hydrogen-bond donors (Lipinski definition) is 1. The zero-order chi connectivity index (χ0) is 25.4. The first-order valence-corrected chi connectivity index (χ1v) is 11.7. The molecule has 0 spiro atoms. The number of benzene rings is 2. The molecule has 184 valence electrons. The number of amides is 2. The summed E-state index contributed by atoms with van der Waals surface area (Å²) in [4.78, 5) is 29.2. The van der Waals surface area contributed by atoms with E-state index in [-0.39, 0.29) is 18.4 Å². The molecule has 0 aliphatic carbocycles. The SMILES string of the molecule is COc1ccc(CNC(=O)C2(C)Cn3nc(-c4ccco4)cc3C(=O)N2c2ccc(C)c(C)c2)cc1. The van der Waals surface area contributed by atoms with Crippen LogP contribution in [-0.4, -0.2) is 34.2 Å². The summed E-state index contributed by atoms with van der Waals surface area (Å²) in [6, 6.07) is 18.6. The lowest BCUT2D eigenvalue weighted by molar-refractivity contribution is -0.126. The van der Waals surface area contributed by atoms with E-state index in [0.717, 1.165) is 22.4 Å². The van der Waals surface area contributed by atoms with Crippen molar-refractivity contribution in [2.75, 3.05) is 12.0 Å². The molecule has 5 rings (SSSR count). The summed E-state index contributed by atoms with van der Waals surface area (Å²) in [5.41, 5.74) is 3.47. The lowest BCUT2D eigenvalue weighted by Gasteiger charge is -2.43. The van der Waals surface area contributed by atoms with Crippen LogP contribution in [0, 0.1) is 13.8 Å². The summed E-state index contributed by atoms with van der Waals surface area (Å²) < 4.78 is 12.3. The number of methoxy groups -OCH3 is 1. The molecule has 8 nitrogen and oxygen atoms in total. The molecule has 1 aliphatic heterocycles. The highest BCUT2D eigenvalue weighted by molar-refractivity contribution is 6.12. The number of carbonyl (C=O) groups excluding carboxylic acids is 2. The first-order valence-electron chi connectivity index (χ1n) is 11.7. The molecule has 3 heterocycles. The molecular formula is C28H28N4O4. The summed E-state index contributed by atoms with van der Waals surface area (Å²) in [7, 11) is 1.61. The first kappa shape index (κ1) is 23.4. The van der Waals surface area contributed by atoms with E-state index in [0.29, 0.717) is 29.4 Å². The lowest BCUT2D eigenvalue weighted by Crippen LogP contribution is -2.64. The minimum absolute atomic E-state index is 0.191. The van der Waals surface area contributed by atoms with Gasteiger partial charge in [-0.15, -0.1) is 0 Å². The number of nitrogens with zero attached hydrogens (tertiary/aromatic N) is 3. The zero-order valence-corrected chi connectivity index (χ0v) is 20.7. The third kappa shape index (κ3) is 4.04. The number of rotatable bonds is 6. The first-order chi connectivity index (χ1) is 17.3. The number of aryl methyl sites for hydroxylation is 2. The maximum atomic E-state index is 13.9. The van der Waals surface area contributed by atoms with E-state index in [9.17, 15) is 9.59 Å². The molecule has 2 amide bonds. The van der Waals surface area contributed by atoms with Crippen LogP contribution in [0.4, 0.5) is 5.69 Å². The minimum Gasteiger partial charge on any atom is -0.497 e. The van der Waals surface area contributed by atoms with Gasteiger partial charge in [0.15, 0.2) is 5.76 Å². The second-order valence-corrected chi connectivity index (χ2v) is 9.26. The van der Waals surface area contributed by atoms with Crippen LogP contribution in [0.1, 0.15) is 34.1 Å². The van der Waals surface area contributed by atoms with Gasteiger partial charge in [0.25, 0.3) is 5.91 Å². The van der Waals surface area contributed by atoms with Crippen molar-refractivity contribution in [1.29, 1.82) is 0 Å². The summed E-state index contributed by atoms with van der Waals surface area (Å²) in [5, 5.41) is 7.63. The summed E-state index contributed by atoms with van der Waals surface area (Å²) in [5.74, 6) is 0.741. The van der Waals surface area contributed by atoms with Gasteiger partial charge in [-0.25, -0.2) is 0 Å². The van der Waals surface area contributed by atoms with Crippen LogP contribution in [-0.2, 0) is 17.9 Å². The van der Waals surface area contributed by atoms with Gasteiger partial charge in [-0.2, -0.15) is 5.10 Å². The number of hydrogen-bond acceptors (Lipinski definition) is 5. The van der Waals surface area contributed by atoms with Gasteiger partial charge in [-0.3, -0.25) is 19.2 Å². The smallest absolute Gasteiger partial charge is 0.277 e. The fourth-order valence-corrected chi connectivity index (χ4v) is 4.51. The third-order valence-electron chi connectivity index (χ3n) is 6.78. The van der Waals surface area contributed by atoms with Gasteiger partial charge in [0, 0.05) is 18.3 Å². The van der Waals surface area contributed by atoms with E-state index in [1.54, 1.807) is 48.1 Å². The van der Waals surface area contributed by atoms with Crippen molar-refractivity contribution >= 4 is 17.5 Å². The van der Waals surface area contributed by atoms with Crippen LogP contribution in [0.3, 0.4) is 0 Å². The zero-order valence-electron chi connectivity index (χ0n) is 20.7. The number of aromatic nitrogens is 2. The molecule has 36 heavy (non-hydrogen) atoms. The van der Waals surface area contributed by atoms with Gasteiger partial charge in [-0.05, 0) is 73.9 Å². The Hall–Kier alpha value is -4.33. The van der Waals surface area contributed by atoms with Gasteiger partial charge in [0.2, 0.25) is 5.91 Å². The second kappa shape index (κ2) is 9.03. The Morgan fingerprint density at radius 2 is 1.89 bits per heavy atom. The van der Waals surface area contributed by atoms with Crippen LogP contribution < -0.4 is 15.0 Å². The Bertz CT molecular complexity index is 1420. The largest absolute Gasteiger partial charge is 0.497 e. The van der Waals surface area contributed by atoms with Crippen LogP contribution in [0.15, 0.2) is 71.3 Å². The van der Waals surface area contributed by atoms with Gasteiger partial charge in [0.05, 0.1) is 19.9 Å². The van der Waals surface area contributed by atoms with E-state index in [4.69, 9.17) is 9.15 Å². The Balaban J connectivity index is 1.52. The average molecular weight is 485 g/mol. The second-order valence-electron chi connectivity index (χ2n) is 9.26. The molecule has 1 atom stereocenters. The van der Waals surface area contributed by atoms with Crippen molar-refractivity contribution in [3.8, 4) is 17.2 Å². The van der Waals surface area contributed by atoms with Crippen molar-refractivity contribution in [3.05, 3.63) is 89.3 Å². The van der Waals surface area contributed by atoms with Crippen molar-refractivity contribution in [3.63, 3.8) is 0 Å². The Morgan fingerprint density at radius 3 is 2.56 bits per heavy atom. The number of furan rings is 1. The molecule has 1 N–H and O–H groups in total. The van der Waals surface area contributed by atoms with Crippen molar-refractivity contribution < 1.29 is 18.7 Å². The standard InChI is InChI=1S/C28H28N4O4/c1-18-7-10-21(14-19(18)2)32-26(33)24-15-23(25-6-5-13-36-25)30-31(24)17-28(32,3)27(34)29-16-20-8-11-22(35-4)12-9-20/h5-15H,16-17H2,1-4H3,(H,29,34). The predicted octanol–water partition coefficient (Wildman–Crippen LogP) is 4.50. The van der Waals surface area contributed by atoms with Gasteiger partial charge in [0.1, 0.15) is 22.7 Å². The lowest BCUT2D eigenvalue weighted by atomic mass is 9.93.